The number of benzene rings is 1. The Hall–Kier alpha value is -2.21. The molecule has 0 N–H and O–H groups in total. The van der Waals surface area contributed by atoms with Gasteiger partial charge in [0.05, 0.1) is 16.6 Å². The molecule has 1 aromatic rings. The van der Waals surface area contributed by atoms with Gasteiger partial charge in [0.15, 0.2) is 0 Å². The molecule has 2 aliphatic rings. The molecule has 98 valence electrons. The summed E-state index contributed by atoms with van der Waals surface area (Å²) in [6.07, 6.45) is 4.38. The summed E-state index contributed by atoms with van der Waals surface area (Å²) in [5, 5.41) is 10.5. The molecule has 1 heterocycles. The van der Waals surface area contributed by atoms with Crippen molar-refractivity contribution in [2.24, 2.45) is 0 Å². The van der Waals surface area contributed by atoms with E-state index in [1.165, 1.54) is 24.3 Å². The summed E-state index contributed by atoms with van der Waals surface area (Å²) in [5.41, 5.74) is 0.237. The fourth-order valence-electron chi connectivity index (χ4n) is 2.11. The summed E-state index contributed by atoms with van der Waals surface area (Å²) < 4.78 is 10.7. The minimum absolute atomic E-state index is 0.0352. The fourth-order valence-corrected chi connectivity index (χ4v) is 2.11. The van der Waals surface area contributed by atoms with Crippen LogP contribution in [0.2, 0.25) is 0 Å². The van der Waals surface area contributed by atoms with E-state index in [9.17, 15) is 14.9 Å². The van der Waals surface area contributed by atoms with E-state index in [0.717, 1.165) is 6.42 Å². The number of nitro benzene ring substituents is 1. The molecule has 1 aliphatic carbocycles. The lowest BCUT2D eigenvalue weighted by atomic mass is 10.1. The summed E-state index contributed by atoms with van der Waals surface area (Å²) >= 11 is 0. The van der Waals surface area contributed by atoms with Crippen molar-refractivity contribution < 1.29 is 19.2 Å². The van der Waals surface area contributed by atoms with Crippen LogP contribution >= 0.6 is 0 Å². The topological polar surface area (TPSA) is 82.0 Å². The van der Waals surface area contributed by atoms with Crippen molar-refractivity contribution in [2.45, 2.75) is 24.7 Å². The number of nitrogens with zero attached hydrogens (tertiary/aromatic N) is 1. The summed E-state index contributed by atoms with van der Waals surface area (Å²) in [6.45, 7) is 0. The zero-order valence-electron chi connectivity index (χ0n) is 9.89. The largest absolute Gasteiger partial charge is 0.452 e. The summed E-state index contributed by atoms with van der Waals surface area (Å²) in [4.78, 5) is 21.9. The molecule has 6 heteroatoms. The third kappa shape index (κ3) is 2.34. The molecule has 0 bridgehead atoms. The first-order chi connectivity index (χ1) is 9.15. The van der Waals surface area contributed by atoms with E-state index < -0.39 is 10.9 Å². The van der Waals surface area contributed by atoms with Crippen molar-refractivity contribution in [3.05, 3.63) is 52.1 Å². The Kier molecular flexibility index (Phi) is 2.79. The number of hydrogen-bond donors (Lipinski definition) is 0. The van der Waals surface area contributed by atoms with Crippen molar-refractivity contribution in [1.82, 2.24) is 0 Å². The van der Waals surface area contributed by atoms with E-state index in [1.54, 1.807) is 0 Å². The van der Waals surface area contributed by atoms with Crippen molar-refractivity contribution in [2.75, 3.05) is 0 Å². The smallest absolute Gasteiger partial charge is 0.338 e. The number of rotatable bonds is 3. The molecule has 0 amide bonds. The normalized spacial score (nSPS) is 27.5. The van der Waals surface area contributed by atoms with Crippen LogP contribution in [-0.4, -0.2) is 29.2 Å². The maximum atomic E-state index is 11.9. The van der Waals surface area contributed by atoms with E-state index in [0.29, 0.717) is 5.56 Å². The number of ether oxygens (including phenoxy) is 2. The monoisotopic (exact) mass is 261 g/mol. The molecule has 1 fully saturated rings. The van der Waals surface area contributed by atoms with Crippen LogP contribution in [0.15, 0.2) is 36.4 Å². The standard InChI is InChI=1S/C13H11NO5/c15-13(8-4-6-9(7-5-8)14(16)17)19-11-3-1-2-10-12(11)18-10/h1,3-7,10-12H,2H2/t10-,11-,12-/m0/s1. The average molecular weight is 261 g/mol. The van der Waals surface area contributed by atoms with Gasteiger partial charge in [-0.15, -0.1) is 0 Å². The third-order valence-electron chi connectivity index (χ3n) is 3.20. The molecule has 1 aromatic carbocycles. The molecule has 0 aromatic heterocycles. The Labute approximate surface area is 108 Å². The highest BCUT2D eigenvalue weighted by atomic mass is 16.6. The van der Waals surface area contributed by atoms with E-state index >= 15 is 0 Å². The van der Waals surface area contributed by atoms with Crippen LogP contribution in [0.5, 0.6) is 0 Å². The number of carbonyl (C=O) groups excluding carboxylic acids is 1. The zero-order chi connectivity index (χ0) is 13.4. The van der Waals surface area contributed by atoms with E-state index in [4.69, 9.17) is 9.47 Å². The molecule has 0 radical (unpaired) electrons. The first kappa shape index (κ1) is 11.9. The number of non-ortho nitro benzene ring substituents is 1. The number of carbonyl (C=O) groups is 1. The second-order valence-electron chi connectivity index (χ2n) is 4.48. The quantitative estimate of drug-likeness (QED) is 0.272. The maximum absolute atomic E-state index is 11.9. The molecule has 3 rings (SSSR count). The van der Waals surface area contributed by atoms with Crippen LogP contribution < -0.4 is 0 Å². The van der Waals surface area contributed by atoms with Crippen molar-refractivity contribution in [3.8, 4) is 0 Å². The molecule has 6 nitrogen and oxygen atoms in total. The van der Waals surface area contributed by atoms with E-state index in [-0.39, 0.29) is 24.0 Å². The average Bonchev–Trinajstić information content (AvgIpc) is 3.19. The molecule has 1 saturated heterocycles. The Morgan fingerprint density at radius 3 is 2.79 bits per heavy atom. The zero-order valence-corrected chi connectivity index (χ0v) is 9.89. The molecular weight excluding hydrogens is 250 g/mol. The summed E-state index contributed by atoms with van der Waals surface area (Å²) in [5.74, 6) is -0.499. The lowest BCUT2D eigenvalue weighted by Crippen LogP contribution is -2.25. The first-order valence-electron chi connectivity index (χ1n) is 5.93. The third-order valence-corrected chi connectivity index (χ3v) is 3.20. The minimum Gasteiger partial charge on any atom is -0.452 e. The van der Waals surface area contributed by atoms with E-state index in [1.807, 2.05) is 12.2 Å². The Morgan fingerprint density at radius 1 is 1.37 bits per heavy atom. The second kappa shape index (κ2) is 4.47. The van der Waals surface area contributed by atoms with Crippen LogP contribution in [0.3, 0.4) is 0 Å². The van der Waals surface area contributed by atoms with Crippen molar-refractivity contribution in [1.29, 1.82) is 0 Å². The Morgan fingerprint density at radius 2 is 2.11 bits per heavy atom. The molecule has 0 saturated carbocycles. The minimum atomic E-state index is -0.512. The number of nitro groups is 1. The van der Waals surface area contributed by atoms with Gasteiger partial charge in [-0.1, -0.05) is 6.08 Å². The lowest BCUT2D eigenvalue weighted by molar-refractivity contribution is -0.384. The molecule has 0 unspecified atom stereocenters. The number of fused-ring (bicyclic) bond motifs is 1. The van der Waals surface area contributed by atoms with Gasteiger partial charge in [0.2, 0.25) is 0 Å². The summed E-state index contributed by atoms with van der Waals surface area (Å²) in [7, 11) is 0. The van der Waals surface area contributed by atoms with Gasteiger partial charge in [-0.2, -0.15) is 0 Å². The van der Waals surface area contributed by atoms with Gasteiger partial charge in [-0.3, -0.25) is 10.1 Å². The number of esters is 1. The Balaban J connectivity index is 1.68. The predicted octanol–water partition coefficient (Wildman–Crippen LogP) is 1.85. The first-order valence-corrected chi connectivity index (χ1v) is 5.93. The van der Waals surface area contributed by atoms with Crippen LogP contribution in [0, 0.1) is 10.1 Å². The second-order valence-corrected chi connectivity index (χ2v) is 4.48. The molecule has 1 aliphatic heterocycles. The highest BCUT2D eigenvalue weighted by Crippen LogP contribution is 2.34. The van der Waals surface area contributed by atoms with Gasteiger partial charge in [-0.05, 0) is 24.6 Å². The highest BCUT2D eigenvalue weighted by Gasteiger charge is 2.47. The Bertz CT molecular complexity index is 551. The molecule has 19 heavy (non-hydrogen) atoms. The van der Waals surface area contributed by atoms with E-state index in [2.05, 4.69) is 0 Å². The van der Waals surface area contributed by atoms with Gasteiger partial charge >= 0.3 is 5.97 Å². The number of hydrogen-bond acceptors (Lipinski definition) is 5. The predicted molar refractivity (Wildman–Crippen MR) is 64.7 cm³/mol. The van der Waals surface area contributed by atoms with Gasteiger partial charge < -0.3 is 9.47 Å². The highest BCUT2D eigenvalue weighted by molar-refractivity contribution is 5.89. The lowest BCUT2D eigenvalue weighted by Gasteiger charge is -2.14. The SMILES string of the molecule is O=C(O[C@H]1C=CC[C@@H]2O[C@H]12)c1ccc([N+](=O)[O-])cc1. The van der Waals surface area contributed by atoms with Crippen LogP contribution in [0.4, 0.5) is 5.69 Å². The van der Waals surface area contributed by atoms with Gasteiger partial charge in [0.1, 0.15) is 12.2 Å². The van der Waals surface area contributed by atoms with Crippen LogP contribution in [-0.2, 0) is 9.47 Å². The van der Waals surface area contributed by atoms with Gasteiger partial charge in [0.25, 0.3) is 5.69 Å². The fraction of sp³-hybridized carbons (Fsp3) is 0.308. The molecular formula is C13H11NO5. The number of epoxide rings is 1. The summed E-state index contributed by atoms with van der Waals surface area (Å²) in [6, 6.07) is 5.34. The van der Waals surface area contributed by atoms with Crippen LogP contribution in [0.1, 0.15) is 16.8 Å². The van der Waals surface area contributed by atoms with Crippen molar-refractivity contribution >= 4 is 11.7 Å². The maximum Gasteiger partial charge on any atom is 0.338 e. The van der Waals surface area contributed by atoms with Crippen LogP contribution in [0.25, 0.3) is 0 Å². The molecule has 0 spiro atoms. The molecule has 3 atom stereocenters. The van der Waals surface area contributed by atoms with Crippen molar-refractivity contribution in [3.63, 3.8) is 0 Å². The van der Waals surface area contributed by atoms with Gasteiger partial charge in [0, 0.05) is 12.1 Å². The van der Waals surface area contributed by atoms with Gasteiger partial charge in [-0.25, -0.2) is 4.79 Å².